The van der Waals surface area contributed by atoms with Gasteiger partial charge in [-0.15, -0.1) is 0 Å². The van der Waals surface area contributed by atoms with Crippen molar-refractivity contribution in [3.05, 3.63) is 33.7 Å². The van der Waals surface area contributed by atoms with Crippen molar-refractivity contribution in [3.63, 3.8) is 0 Å². The van der Waals surface area contributed by atoms with Crippen LogP contribution in [0.1, 0.15) is 29.9 Å². The van der Waals surface area contributed by atoms with Crippen LogP contribution in [0.4, 0.5) is 0 Å². The van der Waals surface area contributed by atoms with Gasteiger partial charge in [-0.25, -0.2) is 0 Å². The van der Waals surface area contributed by atoms with E-state index in [-0.39, 0.29) is 17.0 Å². The molecule has 1 aliphatic heterocycles. The van der Waals surface area contributed by atoms with Gasteiger partial charge in [0, 0.05) is 18.8 Å². The van der Waals surface area contributed by atoms with Crippen molar-refractivity contribution >= 4 is 5.91 Å². The van der Waals surface area contributed by atoms with Crippen molar-refractivity contribution in [3.8, 4) is 0 Å². The van der Waals surface area contributed by atoms with Crippen molar-refractivity contribution in [1.29, 1.82) is 0 Å². The average molecular weight is 246 g/mol. The van der Waals surface area contributed by atoms with Gasteiger partial charge in [-0.2, -0.15) is 0 Å². The van der Waals surface area contributed by atoms with Crippen molar-refractivity contribution < 1.29 is 4.79 Å². The maximum atomic E-state index is 12.3. The van der Waals surface area contributed by atoms with E-state index >= 15 is 0 Å². The molecule has 1 saturated carbocycles. The Kier molecular flexibility index (Phi) is 2.22. The molecule has 3 rings (SSSR count). The average Bonchev–Trinajstić information content (AvgIpc) is 2.67. The second-order valence-electron chi connectivity index (χ2n) is 6.13. The maximum Gasteiger partial charge on any atom is 0.260 e. The number of carbonyl (C=O) groups excluding carboxylic acids is 1. The Morgan fingerprint density at radius 1 is 1.33 bits per heavy atom. The normalized spacial score (nSPS) is 28.1. The molecule has 1 amide bonds. The van der Waals surface area contributed by atoms with E-state index in [1.165, 1.54) is 0 Å². The minimum atomic E-state index is -0.278. The van der Waals surface area contributed by atoms with Gasteiger partial charge in [0.25, 0.3) is 11.5 Å². The molecule has 18 heavy (non-hydrogen) atoms. The quantitative estimate of drug-likeness (QED) is 0.814. The first-order valence-electron chi connectivity index (χ1n) is 6.40. The molecule has 96 valence electrons. The molecule has 1 aromatic heterocycles. The summed E-state index contributed by atoms with van der Waals surface area (Å²) in [6.45, 7) is 7.91. The number of fused-ring (bicyclic) bond motifs is 1. The van der Waals surface area contributed by atoms with E-state index in [4.69, 9.17) is 0 Å². The minimum absolute atomic E-state index is 0.126. The molecule has 0 aromatic carbocycles. The molecular formula is C14H18N2O2. The molecule has 2 atom stereocenters. The molecule has 1 N–H and O–H groups in total. The van der Waals surface area contributed by atoms with Crippen molar-refractivity contribution in [1.82, 2.24) is 9.88 Å². The Bertz CT molecular complexity index is 559. The van der Waals surface area contributed by atoms with Crippen LogP contribution in [0.2, 0.25) is 0 Å². The summed E-state index contributed by atoms with van der Waals surface area (Å²) in [5, 5.41) is 0. The number of likely N-dealkylation sites (tertiary alicyclic amines) is 1. The summed E-state index contributed by atoms with van der Waals surface area (Å²) in [5.41, 5.74) is 1.15. The van der Waals surface area contributed by atoms with E-state index in [1.807, 2.05) is 11.8 Å². The highest BCUT2D eigenvalue weighted by Crippen LogP contribution is 2.61. The van der Waals surface area contributed by atoms with Gasteiger partial charge in [0.05, 0.1) is 0 Å². The zero-order valence-corrected chi connectivity index (χ0v) is 11.0. The lowest BCUT2D eigenvalue weighted by Crippen LogP contribution is -2.36. The summed E-state index contributed by atoms with van der Waals surface area (Å²) in [4.78, 5) is 28.5. The van der Waals surface area contributed by atoms with Crippen LogP contribution < -0.4 is 5.56 Å². The number of hydrogen-bond donors (Lipinski definition) is 1. The smallest absolute Gasteiger partial charge is 0.260 e. The molecule has 0 spiro atoms. The first-order chi connectivity index (χ1) is 8.41. The number of piperidine rings is 1. The van der Waals surface area contributed by atoms with Crippen LogP contribution >= 0.6 is 0 Å². The van der Waals surface area contributed by atoms with E-state index in [0.29, 0.717) is 17.3 Å². The second-order valence-corrected chi connectivity index (χ2v) is 6.13. The standard InChI is InChI=1S/C14H18N2O2/c1-8-4-5-9(12(17)15-8)13(18)16-6-10-11(7-16)14(10,2)3/h4-5,10-11H,6-7H2,1-3H3,(H,15,17). The largest absolute Gasteiger partial charge is 0.338 e. The number of hydrogen-bond acceptors (Lipinski definition) is 2. The molecular weight excluding hydrogens is 228 g/mol. The van der Waals surface area contributed by atoms with Gasteiger partial charge >= 0.3 is 0 Å². The van der Waals surface area contributed by atoms with Crippen LogP contribution in [0.3, 0.4) is 0 Å². The highest BCUT2D eigenvalue weighted by Gasteiger charge is 2.62. The third-order valence-electron chi connectivity index (χ3n) is 4.70. The van der Waals surface area contributed by atoms with E-state index in [1.54, 1.807) is 12.1 Å². The zero-order valence-electron chi connectivity index (χ0n) is 11.0. The molecule has 2 fully saturated rings. The Balaban J connectivity index is 1.79. The number of nitrogens with one attached hydrogen (secondary N) is 1. The fourth-order valence-corrected chi connectivity index (χ4v) is 3.21. The van der Waals surface area contributed by atoms with Crippen LogP contribution in [-0.4, -0.2) is 28.9 Å². The molecule has 1 aliphatic carbocycles. The highest BCUT2D eigenvalue weighted by atomic mass is 16.2. The van der Waals surface area contributed by atoms with E-state index < -0.39 is 0 Å². The summed E-state index contributed by atoms with van der Waals surface area (Å²) >= 11 is 0. The van der Waals surface area contributed by atoms with E-state index in [0.717, 1.165) is 18.8 Å². The van der Waals surface area contributed by atoms with Crippen LogP contribution in [-0.2, 0) is 0 Å². The van der Waals surface area contributed by atoms with Gasteiger partial charge in [-0.3, -0.25) is 9.59 Å². The molecule has 0 radical (unpaired) electrons. The minimum Gasteiger partial charge on any atom is -0.338 e. The lowest BCUT2D eigenvalue weighted by Gasteiger charge is -2.21. The second kappa shape index (κ2) is 3.46. The van der Waals surface area contributed by atoms with Gasteiger partial charge in [0.15, 0.2) is 0 Å². The number of aryl methyl sites for hydroxylation is 1. The topological polar surface area (TPSA) is 53.2 Å². The molecule has 1 aromatic rings. The number of aromatic nitrogens is 1. The number of amides is 1. The summed E-state index contributed by atoms with van der Waals surface area (Å²) in [5.74, 6) is 1.11. The monoisotopic (exact) mass is 246 g/mol. The number of H-pyrrole nitrogens is 1. The first-order valence-corrected chi connectivity index (χ1v) is 6.40. The molecule has 4 nitrogen and oxygen atoms in total. The summed E-state index contributed by atoms with van der Waals surface area (Å²) in [7, 11) is 0. The van der Waals surface area contributed by atoms with Crippen LogP contribution in [0.25, 0.3) is 0 Å². The Labute approximate surface area is 106 Å². The third-order valence-corrected chi connectivity index (χ3v) is 4.70. The predicted octanol–water partition coefficient (Wildman–Crippen LogP) is 1.41. The van der Waals surface area contributed by atoms with Crippen molar-refractivity contribution in [2.24, 2.45) is 17.3 Å². The Morgan fingerprint density at radius 3 is 2.50 bits per heavy atom. The fourth-order valence-electron chi connectivity index (χ4n) is 3.21. The van der Waals surface area contributed by atoms with Crippen LogP contribution in [0.5, 0.6) is 0 Å². The first kappa shape index (κ1) is 11.5. The molecule has 1 saturated heterocycles. The molecule has 2 unspecified atom stereocenters. The zero-order chi connectivity index (χ0) is 13.1. The highest BCUT2D eigenvalue weighted by molar-refractivity contribution is 5.94. The van der Waals surface area contributed by atoms with E-state index in [2.05, 4.69) is 18.8 Å². The SMILES string of the molecule is Cc1ccc(C(=O)N2CC3C(C2)C3(C)C)c(=O)[nH]1. The summed E-state index contributed by atoms with van der Waals surface area (Å²) in [6, 6.07) is 3.40. The van der Waals surface area contributed by atoms with Gasteiger partial charge in [-0.05, 0) is 36.3 Å². The maximum absolute atomic E-state index is 12.3. The lowest BCUT2D eigenvalue weighted by atomic mass is 10.1. The number of pyridine rings is 1. The Morgan fingerprint density at radius 2 is 1.94 bits per heavy atom. The summed E-state index contributed by atoms with van der Waals surface area (Å²) < 4.78 is 0. The van der Waals surface area contributed by atoms with Crippen molar-refractivity contribution in [2.45, 2.75) is 20.8 Å². The van der Waals surface area contributed by atoms with Gasteiger partial charge in [0.1, 0.15) is 5.56 Å². The third kappa shape index (κ3) is 1.51. The van der Waals surface area contributed by atoms with Gasteiger partial charge in [-0.1, -0.05) is 13.8 Å². The van der Waals surface area contributed by atoms with Gasteiger partial charge in [0.2, 0.25) is 0 Å². The lowest BCUT2D eigenvalue weighted by molar-refractivity contribution is 0.0756. The number of aromatic amines is 1. The Hall–Kier alpha value is -1.58. The van der Waals surface area contributed by atoms with Gasteiger partial charge < -0.3 is 9.88 Å². The van der Waals surface area contributed by atoms with Crippen molar-refractivity contribution in [2.75, 3.05) is 13.1 Å². The number of carbonyl (C=O) groups is 1. The molecule has 2 heterocycles. The van der Waals surface area contributed by atoms with Crippen LogP contribution in [0, 0.1) is 24.2 Å². The molecule has 4 heteroatoms. The summed E-state index contributed by atoms with van der Waals surface area (Å²) in [6.07, 6.45) is 0. The fraction of sp³-hybridized carbons (Fsp3) is 0.571. The molecule has 0 bridgehead atoms. The van der Waals surface area contributed by atoms with Crippen LogP contribution in [0.15, 0.2) is 16.9 Å². The number of nitrogens with zero attached hydrogens (tertiary/aromatic N) is 1. The molecule has 2 aliphatic rings. The number of rotatable bonds is 1. The van der Waals surface area contributed by atoms with E-state index in [9.17, 15) is 9.59 Å². The predicted molar refractivity (Wildman–Crippen MR) is 68.5 cm³/mol.